The number of para-hydroxylation sites is 1. The largest absolute Gasteiger partial charge is 0.493 e. The van der Waals surface area contributed by atoms with Gasteiger partial charge >= 0.3 is 0 Å². The molecule has 200 valence electrons. The predicted octanol–water partition coefficient (Wildman–Crippen LogP) is 6.67. The Morgan fingerprint density at radius 1 is 0.974 bits per heavy atom. The van der Waals surface area contributed by atoms with Crippen LogP contribution in [0.4, 0.5) is 11.4 Å². The van der Waals surface area contributed by atoms with Gasteiger partial charge in [-0.25, -0.2) is 0 Å². The SMILES string of the molecule is CCN(C(=O)c1cccc(NC(=S)NC(=O)C(C)(C)CCCOc2cc(C)ccc2C)c1)c1ccccc1. The molecule has 0 saturated heterocycles. The molecule has 0 spiro atoms. The fourth-order valence-corrected chi connectivity index (χ4v) is 4.25. The molecule has 0 aliphatic heterocycles. The van der Waals surface area contributed by atoms with Crippen LogP contribution in [0.3, 0.4) is 0 Å². The number of carbonyl (C=O) groups excluding carboxylic acids is 2. The van der Waals surface area contributed by atoms with Crippen molar-refractivity contribution in [3.05, 3.63) is 89.5 Å². The van der Waals surface area contributed by atoms with E-state index in [9.17, 15) is 9.59 Å². The third-order valence-electron chi connectivity index (χ3n) is 6.39. The molecule has 6 nitrogen and oxygen atoms in total. The molecule has 0 bridgehead atoms. The number of rotatable bonds is 10. The van der Waals surface area contributed by atoms with Crippen molar-refractivity contribution in [2.24, 2.45) is 5.41 Å². The second-order valence-corrected chi connectivity index (χ2v) is 10.4. The average Bonchev–Trinajstić information content (AvgIpc) is 2.89. The lowest BCUT2D eigenvalue weighted by Crippen LogP contribution is -2.42. The lowest BCUT2D eigenvalue weighted by Gasteiger charge is -2.24. The van der Waals surface area contributed by atoms with Crippen LogP contribution in [0.1, 0.15) is 55.1 Å². The van der Waals surface area contributed by atoms with E-state index in [1.165, 1.54) is 0 Å². The van der Waals surface area contributed by atoms with Crippen molar-refractivity contribution >= 4 is 40.5 Å². The second-order valence-electron chi connectivity index (χ2n) is 9.98. The van der Waals surface area contributed by atoms with Gasteiger partial charge in [0.2, 0.25) is 5.91 Å². The summed E-state index contributed by atoms with van der Waals surface area (Å²) in [5, 5.41) is 6.03. The van der Waals surface area contributed by atoms with Crippen LogP contribution in [0.5, 0.6) is 5.75 Å². The van der Waals surface area contributed by atoms with Crippen LogP contribution in [0.2, 0.25) is 0 Å². The quantitative estimate of drug-likeness (QED) is 0.226. The van der Waals surface area contributed by atoms with Crippen molar-refractivity contribution in [3.63, 3.8) is 0 Å². The Kier molecular flexibility index (Phi) is 10.0. The molecule has 0 aliphatic carbocycles. The molecule has 0 saturated carbocycles. The van der Waals surface area contributed by atoms with Crippen LogP contribution < -0.4 is 20.3 Å². The third kappa shape index (κ3) is 7.89. The molecule has 0 heterocycles. The smallest absolute Gasteiger partial charge is 0.258 e. The van der Waals surface area contributed by atoms with Gasteiger partial charge in [0, 0.05) is 28.9 Å². The van der Waals surface area contributed by atoms with Crippen LogP contribution >= 0.6 is 12.2 Å². The molecule has 0 fully saturated rings. The highest BCUT2D eigenvalue weighted by Crippen LogP contribution is 2.25. The number of anilines is 2. The molecule has 38 heavy (non-hydrogen) atoms. The maximum Gasteiger partial charge on any atom is 0.258 e. The third-order valence-corrected chi connectivity index (χ3v) is 6.59. The molecule has 0 radical (unpaired) electrons. The summed E-state index contributed by atoms with van der Waals surface area (Å²) in [6.45, 7) is 10.9. The van der Waals surface area contributed by atoms with Crippen molar-refractivity contribution in [1.29, 1.82) is 0 Å². The summed E-state index contributed by atoms with van der Waals surface area (Å²) < 4.78 is 5.94. The maximum atomic E-state index is 13.2. The van der Waals surface area contributed by atoms with Crippen molar-refractivity contribution in [2.75, 3.05) is 23.4 Å². The minimum atomic E-state index is -0.633. The first-order chi connectivity index (χ1) is 18.1. The standard InChI is InChI=1S/C31H37N3O3S/c1-6-34(26-14-8-7-9-15-26)28(35)24-12-10-13-25(21-24)32-30(38)33-29(36)31(4,5)18-11-19-37-27-20-22(2)16-17-23(27)3/h7-10,12-17,20-21H,6,11,18-19H2,1-5H3,(H2,32,33,36,38). The summed E-state index contributed by atoms with van der Waals surface area (Å²) in [6.07, 6.45) is 1.37. The van der Waals surface area contributed by atoms with Crippen LogP contribution in [0, 0.1) is 19.3 Å². The number of benzene rings is 3. The van der Waals surface area contributed by atoms with Crippen molar-refractivity contribution in [1.82, 2.24) is 5.32 Å². The number of thiocarbonyl (C=S) groups is 1. The zero-order valence-corrected chi connectivity index (χ0v) is 23.7. The Hall–Kier alpha value is -3.71. The van der Waals surface area contributed by atoms with E-state index < -0.39 is 5.41 Å². The van der Waals surface area contributed by atoms with Gasteiger partial charge in [0.25, 0.3) is 5.91 Å². The van der Waals surface area contributed by atoms with Gasteiger partial charge in [-0.1, -0.05) is 50.2 Å². The molecule has 0 atom stereocenters. The summed E-state index contributed by atoms with van der Waals surface area (Å²) >= 11 is 5.40. The number of ether oxygens (including phenoxy) is 1. The molecule has 2 amide bonds. The van der Waals surface area contributed by atoms with E-state index in [0.29, 0.717) is 30.8 Å². The minimum Gasteiger partial charge on any atom is -0.493 e. The Labute approximate surface area is 231 Å². The molecule has 3 aromatic carbocycles. The van der Waals surface area contributed by atoms with E-state index >= 15 is 0 Å². The molecular weight excluding hydrogens is 494 g/mol. The molecular formula is C31H37N3O3S. The topological polar surface area (TPSA) is 70.7 Å². The second kappa shape index (κ2) is 13.2. The van der Waals surface area contributed by atoms with Crippen molar-refractivity contribution < 1.29 is 14.3 Å². The number of nitrogens with zero attached hydrogens (tertiary/aromatic N) is 1. The molecule has 0 aromatic heterocycles. The van der Waals surface area contributed by atoms with E-state index in [1.54, 1.807) is 23.1 Å². The monoisotopic (exact) mass is 531 g/mol. The zero-order valence-electron chi connectivity index (χ0n) is 22.8. The van der Waals surface area contributed by atoms with Crippen LogP contribution in [-0.4, -0.2) is 30.1 Å². The van der Waals surface area contributed by atoms with E-state index in [-0.39, 0.29) is 16.9 Å². The number of carbonyl (C=O) groups is 2. The molecule has 3 rings (SSSR count). The summed E-state index contributed by atoms with van der Waals surface area (Å²) in [4.78, 5) is 27.8. The van der Waals surface area contributed by atoms with Gasteiger partial charge < -0.3 is 20.3 Å². The van der Waals surface area contributed by atoms with Crippen molar-refractivity contribution in [3.8, 4) is 5.75 Å². The highest BCUT2D eigenvalue weighted by molar-refractivity contribution is 7.80. The predicted molar refractivity (Wildman–Crippen MR) is 159 cm³/mol. The van der Waals surface area contributed by atoms with Gasteiger partial charge in [0.05, 0.1) is 6.61 Å². The van der Waals surface area contributed by atoms with Gasteiger partial charge in [0.15, 0.2) is 5.11 Å². The molecule has 7 heteroatoms. The Bertz CT molecular complexity index is 1270. The Morgan fingerprint density at radius 2 is 1.71 bits per heavy atom. The summed E-state index contributed by atoms with van der Waals surface area (Å²) in [6, 6.07) is 22.8. The molecule has 3 aromatic rings. The summed E-state index contributed by atoms with van der Waals surface area (Å²) in [7, 11) is 0. The van der Waals surface area contributed by atoms with Gasteiger partial charge in [-0.15, -0.1) is 0 Å². The molecule has 0 unspecified atom stereocenters. The molecule has 2 N–H and O–H groups in total. The first kappa shape index (κ1) is 28.9. The van der Waals surface area contributed by atoms with Gasteiger partial charge in [-0.3, -0.25) is 9.59 Å². The first-order valence-corrected chi connectivity index (χ1v) is 13.3. The molecule has 0 aliphatic rings. The highest BCUT2D eigenvalue weighted by Gasteiger charge is 2.28. The highest BCUT2D eigenvalue weighted by atomic mass is 32.1. The Balaban J connectivity index is 1.53. The van der Waals surface area contributed by atoms with E-state index in [1.807, 2.05) is 83.1 Å². The minimum absolute atomic E-state index is 0.110. The lowest BCUT2D eigenvalue weighted by molar-refractivity contribution is -0.128. The Morgan fingerprint density at radius 3 is 2.42 bits per heavy atom. The number of hydrogen-bond acceptors (Lipinski definition) is 4. The summed E-state index contributed by atoms with van der Waals surface area (Å²) in [5.74, 6) is 0.598. The fraction of sp³-hybridized carbons (Fsp3) is 0.323. The van der Waals surface area contributed by atoms with E-state index in [2.05, 4.69) is 16.7 Å². The normalized spacial score (nSPS) is 11.0. The first-order valence-electron chi connectivity index (χ1n) is 12.9. The fourth-order valence-electron chi connectivity index (χ4n) is 4.04. The van der Waals surface area contributed by atoms with Gasteiger partial charge in [0.1, 0.15) is 5.75 Å². The van der Waals surface area contributed by atoms with Crippen molar-refractivity contribution in [2.45, 2.75) is 47.5 Å². The van der Waals surface area contributed by atoms with E-state index in [4.69, 9.17) is 17.0 Å². The zero-order chi connectivity index (χ0) is 27.7. The van der Waals surface area contributed by atoms with E-state index in [0.717, 1.165) is 29.0 Å². The number of amides is 2. The lowest BCUT2D eigenvalue weighted by atomic mass is 9.87. The van der Waals surface area contributed by atoms with Crippen LogP contribution in [0.25, 0.3) is 0 Å². The number of hydrogen-bond donors (Lipinski definition) is 2. The van der Waals surface area contributed by atoms with Crippen LogP contribution in [0.15, 0.2) is 72.8 Å². The van der Waals surface area contributed by atoms with Gasteiger partial charge in [-0.2, -0.15) is 0 Å². The number of aryl methyl sites for hydroxylation is 2. The van der Waals surface area contributed by atoms with Crippen LogP contribution in [-0.2, 0) is 4.79 Å². The summed E-state index contributed by atoms with van der Waals surface area (Å²) in [5.41, 5.74) is 3.61. The average molecular weight is 532 g/mol. The van der Waals surface area contributed by atoms with Gasteiger partial charge in [-0.05, 0) is 93.4 Å². The maximum absolute atomic E-state index is 13.2. The number of nitrogens with one attached hydrogen (secondary N) is 2.